The van der Waals surface area contributed by atoms with Gasteiger partial charge in [-0.25, -0.2) is 0 Å². The zero-order valence-corrected chi connectivity index (χ0v) is 13.2. The highest BCUT2D eigenvalue weighted by Crippen LogP contribution is 2.27. The van der Waals surface area contributed by atoms with Crippen molar-refractivity contribution in [1.82, 2.24) is 4.90 Å². The summed E-state index contributed by atoms with van der Waals surface area (Å²) in [6.45, 7) is -0.0836. The quantitative estimate of drug-likeness (QED) is 0.803. The third-order valence-electron chi connectivity index (χ3n) is 3.74. The van der Waals surface area contributed by atoms with Gasteiger partial charge in [0.05, 0.1) is 0 Å². The molecule has 0 radical (unpaired) electrons. The van der Waals surface area contributed by atoms with Gasteiger partial charge in [-0.15, -0.1) is 0 Å². The molecule has 2 N–H and O–H groups in total. The van der Waals surface area contributed by atoms with Gasteiger partial charge < -0.3 is 10.2 Å². The summed E-state index contributed by atoms with van der Waals surface area (Å²) in [6.07, 6.45) is -8.02. The van der Waals surface area contributed by atoms with Crippen LogP contribution in [-0.2, 0) is 17.9 Å². The van der Waals surface area contributed by atoms with Crippen LogP contribution in [0.1, 0.15) is 11.1 Å². The Morgan fingerprint density at radius 3 is 1.64 bits per heavy atom. The van der Waals surface area contributed by atoms with E-state index in [-0.39, 0.29) is 13.1 Å². The zero-order valence-electron chi connectivity index (χ0n) is 13.2. The van der Waals surface area contributed by atoms with Crippen LogP contribution in [0.25, 0.3) is 0 Å². The molecule has 25 heavy (non-hydrogen) atoms. The number of carboxylic acids is 1. The van der Waals surface area contributed by atoms with Gasteiger partial charge in [-0.1, -0.05) is 60.7 Å². The highest BCUT2D eigenvalue weighted by molar-refractivity contribution is 5.74. The molecule has 134 valence electrons. The largest absolute Gasteiger partial charge is 0.480 e. The number of carboxylic acid groups (broad SMARTS) is 1. The van der Waals surface area contributed by atoms with Crippen LogP contribution in [0.3, 0.4) is 0 Å². The number of aliphatic hydroxyl groups is 1. The summed E-state index contributed by atoms with van der Waals surface area (Å²) in [6, 6.07) is 15.0. The normalized spacial score (nSPS) is 14.3. The summed E-state index contributed by atoms with van der Waals surface area (Å²) in [5.74, 6) is -1.73. The maximum atomic E-state index is 13.0. The van der Waals surface area contributed by atoms with Gasteiger partial charge in [0.2, 0.25) is 0 Å². The molecule has 2 aromatic rings. The number of aliphatic carboxylic acids is 1. The lowest BCUT2D eigenvalue weighted by Crippen LogP contribution is -2.53. The van der Waals surface area contributed by atoms with E-state index in [2.05, 4.69) is 0 Å². The molecule has 2 rings (SSSR count). The molecule has 0 heterocycles. The van der Waals surface area contributed by atoms with Crippen LogP contribution >= 0.6 is 0 Å². The Kier molecular flexibility index (Phi) is 6.17. The van der Waals surface area contributed by atoms with Crippen LogP contribution in [0.2, 0.25) is 0 Å². The second-order valence-corrected chi connectivity index (χ2v) is 5.65. The fraction of sp³-hybridized carbons (Fsp3) is 0.278. The Morgan fingerprint density at radius 2 is 1.32 bits per heavy atom. The molecule has 0 aromatic heterocycles. The molecular weight excluding hydrogens is 335 g/mol. The first-order chi connectivity index (χ1) is 11.8. The Labute approximate surface area is 143 Å². The molecule has 0 fully saturated rings. The van der Waals surface area contributed by atoms with Crippen molar-refractivity contribution in [2.75, 3.05) is 0 Å². The lowest BCUT2D eigenvalue weighted by Gasteiger charge is -2.32. The monoisotopic (exact) mass is 353 g/mol. The predicted octanol–water partition coefficient (Wildman–Crippen LogP) is 3.07. The number of aliphatic hydroxyl groups excluding tert-OH is 1. The first kappa shape index (κ1) is 19.0. The van der Waals surface area contributed by atoms with Crippen molar-refractivity contribution in [2.45, 2.75) is 31.4 Å². The van der Waals surface area contributed by atoms with E-state index >= 15 is 0 Å². The molecule has 4 nitrogen and oxygen atoms in total. The number of halogens is 3. The minimum Gasteiger partial charge on any atom is -0.480 e. The van der Waals surface area contributed by atoms with Crippen molar-refractivity contribution in [3.05, 3.63) is 71.8 Å². The summed E-state index contributed by atoms with van der Waals surface area (Å²) >= 11 is 0. The molecular formula is C18H18F3NO3. The van der Waals surface area contributed by atoms with Gasteiger partial charge in [-0.2, -0.15) is 13.2 Å². The highest BCUT2D eigenvalue weighted by Gasteiger charge is 2.49. The van der Waals surface area contributed by atoms with Crippen LogP contribution in [0, 0.1) is 0 Å². The summed E-state index contributed by atoms with van der Waals surface area (Å²) in [7, 11) is 0. The highest BCUT2D eigenvalue weighted by atomic mass is 19.4. The van der Waals surface area contributed by atoms with Crippen molar-refractivity contribution >= 4 is 5.97 Å². The van der Waals surface area contributed by atoms with Crippen LogP contribution in [0.4, 0.5) is 13.2 Å². The fourth-order valence-corrected chi connectivity index (χ4v) is 2.56. The smallest absolute Gasteiger partial charge is 0.416 e. The molecule has 2 atom stereocenters. The fourth-order valence-electron chi connectivity index (χ4n) is 2.56. The first-order valence-corrected chi connectivity index (χ1v) is 7.58. The Morgan fingerprint density at radius 1 is 0.920 bits per heavy atom. The molecule has 0 aliphatic heterocycles. The molecule has 0 unspecified atom stereocenters. The Balaban J connectivity index is 2.34. The second kappa shape index (κ2) is 8.13. The number of carbonyl (C=O) groups is 1. The second-order valence-electron chi connectivity index (χ2n) is 5.65. The van der Waals surface area contributed by atoms with Crippen molar-refractivity contribution in [2.24, 2.45) is 0 Å². The van der Waals surface area contributed by atoms with Gasteiger partial charge in [0.25, 0.3) is 0 Å². The van der Waals surface area contributed by atoms with E-state index in [0.717, 1.165) is 4.90 Å². The van der Waals surface area contributed by atoms with Crippen molar-refractivity contribution in [3.63, 3.8) is 0 Å². The topological polar surface area (TPSA) is 60.8 Å². The molecule has 0 aliphatic carbocycles. The molecule has 0 aliphatic rings. The molecule has 0 bridgehead atoms. The maximum Gasteiger partial charge on any atom is 0.416 e. The van der Waals surface area contributed by atoms with E-state index in [0.29, 0.717) is 11.1 Å². The van der Waals surface area contributed by atoms with E-state index in [1.165, 1.54) is 0 Å². The van der Waals surface area contributed by atoms with Crippen molar-refractivity contribution in [1.29, 1.82) is 0 Å². The van der Waals surface area contributed by atoms with Crippen molar-refractivity contribution < 1.29 is 28.2 Å². The minimum atomic E-state index is -5.03. The lowest BCUT2D eigenvalue weighted by molar-refractivity contribution is -0.226. The maximum absolute atomic E-state index is 13.0. The summed E-state index contributed by atoms with van der Waals surface area (Å²) in [5.41, 5.74) is 1.30. The van der Waals surface area contributed by atoms with Gasteiger partial charge in [0, 0.05) is 13.1 Å². The summed E-state index contributed by atoms with van der Waals surface area (Å²) in [4.78, 5) is 12.6. The number of rotatable bonds is 7. The molecule has 0 amide bonds. The summed E-state index contributed by atoms with van der Waals surface area (Å²) in [5, 5.41) is 18.9. The van der Waals surface area contributed by atoms with Crippen molar-refractivity contribution in [3.8, 4) is 0 Å². The zero-order chi connectivity index (χ0) is 18.4. The number of hydrogen-bond donors (Lipinski definition) is 2. The van der Waals surface area contributed by atoms with Crippen LogP contribution in [-0.4, -0.2) is 39.4 Å². The van der Waals surface area contributed by atoms with Crippen LogP contribution < -0.4 is 0 Å². The van der Waals surface area contributed by atoms with Gasteiger partial charge in [-0.05, 0) is 11.1 Å². The van der Waals surface area contributed by atoms with Crippen LogP contribution in [0.15, 0.2) is 60.7 Å². The SMILES string of the molecule is O=C(O)[C@H]([C@H](O)C(F)(F)F)N(Cc1ccccc1)Cc1ccccc1. The lowest BCUT2D eigenvalue weighted by atomic mass is 10.1. The van der Waals surface area contributed by atoms with Gasteiger partial charge in [-0.3, -0.25) is 9.69 Å². The van der Waals surface area contributed by atoms with E-state index in [1.54, 1.807) is 60.7 Å². The van der Waals surface area contributed by atoms with E-state index in [1.807, 2.05) is 0 Å². The number of nitrogens with zero attached hydrogens (tertiary/aromatic N) is 1. The third-order valence-corrected chi connectivity index (χ3v) is 3.74. The van der Waals surface area contributed by atoms with E-state index in [4.69, 9.17) is 0 Å². The Bertz CT molecular complexity index is 635. The molecule has 0 saturated heterocycles. The molecule has 0 spiro atoms. The van der Waals surface area contributed by atoms with Gasteiger partial charge in [0.15, 0.2) is 6.10 Å². The third kappa shape index (κ3) is 5.30. The average molecular weight is 353 g/mol. The Hall–Kier alpha value is -2.38. The number of benzene rings is 2. The van der Waals surface area contributed by atoms with Gasteiger partial charge >= 0.3 is 12.1 Å². The number of hydrogen-bond acceptors (Lipinski definition) is 3. The van der Waals surface area contributed by atoms with E-state index < -0.39 is 24.3 Å². The molecule has 7 heteroatoms. The molecule has 0 saturated carbocycles. The van der Waals surface area contributed by atoms with Crippen LogP contribution in [0.5, 0.6) is 0 Å². The standard InChI is InChI=1S/C18H18F3NO3/c19-18(20,21)16(23)15(17(24)25)22(11-13-7-3-1-4-8-13)12-14-9-5-2-6-10-14/h1-10,15-16,23H,11-12H2,(H,24,25)/t15-,16-/m0/s1. The van der Waals surface area contributed by atoms with E-state index in [9.17, 15) is 28.2 Å². The van der Waals surface area contributed by atoms with Gasteiger partial charge in [0.1, 0.15) is 6.04 Å². The predicted molar refractivity (Wildman–Crippen MR) is 85.6 cm³/mol. The molecule has 2 aromatic carbocycles. The first-order valence-electron chi connectivity index (χ1n) is 7.58. The summed E-state index contributed by atoms with van der Waals surface area (Å²) < 4.78 is 38.9. The minimum absolute atomic E-state index is 0.0418. The number of alkyl halides is 3. The average Bonchev–Trinajstić information content (AvgIpc) is 2.55.